The molecule has 0 atom stereocenters. The Morgan fingerprint density at radius 1 is 1.19 bits per heavy atom. The Morgan fingerprint density at radius 2 is 1.93 bits per heavy atom. The summed E-state index contributed by atoms with van der Waals surface area (Å²) >= 11 is 1.70. The Bertz CT molecular complexity index is 931. The first kappa shape index (κ1) is 19.4. The van der Waals surface area contributed by atoms with Crippen LogP contribution in [0.15, 0.2) is 71.0 Å². The summed E-state index contributed by atoms with van der Waals surface area (Å²) in [5, 5.41) is 3.39. The van der Waals surface area contributed by atoms with Gasteiger partial charge in [0.05, 0.1) is 17.1 Å². The monoisotopic (exact) mass is 405 g/mol. The maximum atomic E-state index is 12.6. The van der Waals surface area contributed by atoms with E-state index in [-0.39, 0.29) is 11.7 Å². The third-order valence-corrected chi connectivity index (χ3v) is 5.45. The van der Waals surface area contributed by atoms with Crippen LogP contribution in [-0.2, 0) is 4.79 Å². The third kappa shape index (κ3) is 5.11. The number of hydrogen-bond acceptors (Lipinski definition) is 4. The Balaban J connectivity index is 1.66. The predicted octanol–water partition coefficient (Wildman–Crippen LogP) is 5.23. The number of amides is 1. The number of nitrogens with zero attached hydrogens (tertiary/aromatic N) is 2. The van der Waals surface area contributed by atoms with Crippen LogP contribution in [0.2, 0.25) is 0 Å². The first-order valence-corrected chi connectivity index (χ1v) is 9.97. The quantitative estimate of drug-likeness (QED) is 0.547. The first-order chi connectivity index (χ1) is 13.0. The summed E-state index contributed by atoms with van der Waals surface area (Å²) in [6.07, 6.45) is 3.53. The maximum absolute atomic E-state index is 12.6. The number of imidazole rings is 1. The zero-order valence-corrected chi connectivity index (χ0v) is 16.1. The second-order valence-electron chi connectivity index (χ2n) is 5.58. The van der Waals surface area contributed by atoms with Gasteiger partial charge in [0.15, 0.2) is 5.16 Å². The van der Waals surface area contributed by atoms with Crippen molar-refractivity contribution < 1.29 is 13.6 Å². The van der Waals surface area contributed by atoms with Crippen molar-refractivity contribution in [2.75, 3.05) is 11.1 Å². The second-order valence-corrected chi connectivity index (χ2v) is 7.55. The minimum Gasteiger partial charge on any atom is -0.324 e. The molecule has 0 aliphatic rings. The minimum atomic E-state index is -2.54. The summed E-state index contributed by atoms with van der Waals surface area (Å²) in [7, 11) is 0. The number of aryl methyl sites for hydroxylation is 1. The van der Waals surface area contributed by atoms with E-state index in [0.29, 0.717) is 27.5 Å². The van der Waals surface area contributed by atoms with Crippen LogP contribution in [0.3, 0.4) is 0 Å². The molecule has 27 heavy (non-hydrogen) atoms. The molecule has 8 heteroatoms. The lowest BCUT2D eigenvalue weighted by Gasteiger charge is -2.11. The number of anilines is 1. The molecule has 0 saturated carbocycles. The van der Waals surface area contributed by atoms with Crippen molar-refractivity contribution in [1.29, 1.82) is 0 Å². The number of halogens is 2. The fourth-order valence-electron chi connectivity index (χ4n) is 2.50. The van der Waals surface area contributed by atoms with Crippen LogP contribution in [0.5, 0.6) is 0 Å². The van der Waals surface area contributed by atoms with E-state index in [1.54, 1.807) is 30.5 Å². The molecule has 2 aromatic carbocycles. The third-order valence-electron chi connectivity index (χ3n) is 3.69. The fourth-order valence-corrected chi connectivity index (χ4v) is 3.86. The standard InChI is InChI=1S/C19H17F2N3OS2/c1-13-6-2-4-8-15(13)24-11-10-22-19(24)26-12-17(25)23-14-7-3-5-9-16(14)27-18(20)21/h2-11,18H,12H2,1H3,(H,23,25). The van der Waals surface area contributed by atoms with Gasteiger partial charge >= 0.3 is 0 Å². The van der Waals surface area contributed by atoms with Crippen molar-refractivity contribution >= 4 is 35.1 Å². The molecule has 1 aromatic heterocycles. The van der Waals surface area contributed by atoms with Gasteiger partial charge in [-0.25, -0.2) is 4.98 Å². The molecule has 3 rings (SSSR count). The number of carbonyl (C=O) groups excluding carboxylic acids is 1. The van der Waals surface area contributed by atoms with Gasteiger partial charge in [0.25, 0.3) is 5.76 Å². The zero-order chi connectivity index (χ0) is 19.2. The number of rotatable bonds is 7. The van der Waals surface area contributed by atoms with Gasteiger partial charge in [-0.05, 0) is 30.7 Å². The van der Waals surface area contributed by atoms with Gasteiger partial charge in [-0.15, -0.1) is 0 Å². The van der Waals surface area contributed by atoms with Crippen molar-refractivity contribution in [3.63, 3.8) is 0 Å². The number of para-hydroxylation sites is 2. The van der Waals surface area contributed by atoms with Crippen molar-refractivity contribution in [3.05, 3.63) is 66.5 Å². The average molecular weight is 405 g/mol. The van der Waals surface area contributed by atoms with Crippen LogP contribution in [0.4, 0.5) is 14.5 Å². The molecular weight excluding hydrogens is 388 g/mol. The summed E-state index contributed by atoms with van der Waals surface area (Å²) < 4.78 is 27.2. The van der Waals surface area contributed by atoms with Crippen LogP contribution in [0.25, 0.3) is 5.69 Å². The number of benzene rings is 2. The largest absolute Gasteiger partial charge is 0.324 e. The molecule has 1 heterocycles. The van der Waals surface area contributed by atoms with Crippen molar-refractivity contribution in [3.8, 4) is 5.69 Å². The number of alkyl halides is 2. The Hall–Kier alpha value is -2.32. The predicted molar refractivity (Wildman–Crippen MR) is 106 cm³/mol. The lowest BCUT2D eigenvalue weighted by Crippen LogP contribution is -2.15. The Kier molecular flexibility index (Phi) is 6.52. The second kappa shape index (κ2) is 9.05. The summed E-state index contributed by atoms with van der Waals surface area (Å²) in [5.74, 6) is -2.70. The van der Waals surface area contributed by atoms with Crippen LogP contribution >= 0.6 is 23.5 Å². The summed E-state index contributed by atoms with van der Waals surface area (Å²) in [6.45, 7) is 2.01. The number of nitrogens with one attached hydrogen (secondary N) is 1. The Morgan fingerprint density at radius 3 is 2.70 bits per heavy atom. The molecule has 3 aromatic rings. The molecule has 0 fully saturated rings. The van der Waals surface area contributed by atoms with Crippen LogP contribution in [0.1, 0.15) is 5.56 Å². The van der Waals surface area contributed by atoms with Gasteiger partial charge in [-0.2, -0.15) is 8.78 Å². The molecule has 140 valence electrons. The van der Waals surface area contributed by atoms with Gasteiger partial charge in [-0.3, -0.25) is 9.36 Å². The molecule has 0 aliphatic heterocycles. The van der Waals surface area contributed by atoms with Crippen molar-refractivity contribution in [2.45, 2.75) is 22.7 Å². The highest BCUT2D eigenvalue weighted by atomic mass is 32.2. The molecule has 1 amide bonds. The van der Waals surface area contributed by atoms with E-state index in [9.17, 15) is 13.6 Å². The van der Waals surface area contributed by atoms with E-state index in [2.05, 4.69) is 10.3 Å². The van der Waals surface area contributed by atoms with E-state index >= 15 is 0 Å². The van der Waals surface area contributed by atoms with Crippen molar-refractivity contribution in [2.24, 2.45) is 0 Å². The molecular formula is C19H17F2N3OS2. The molecule has 0 unspecified atom stereocenters. The smallest absolute Gasteiger partial charge is 0.288 e. The van der Waals surface area contributed by atoms with E-state index in [1.807, 2.05) is 42.0 Å². The van der Waals surface area contributed by atoms with Crippen LogP contribution in [0, 0.1) is 6.92 Å². The van der Waals surface area contributed by atoms with Gasteiger partial charge in [0.1, 0.15) is 0 Å². The highest BCUT2D eigenvalue weighted by molar-refractivity contribution is 8.00. The molecule has 0 saturated heterocycles. The van der Waals surface area contributed by atoms with Gasteiger partial charge in [0, 0.05) is 17.3 Å². The molecule has 0 bridgehead atoms. The summed E-state index contributed by atoms with van der Waals surface area (Å²) in [4.78, 5) is 16.9. The van der Waals surface area contributed by atoms with E-state index in [0.717, 1.165) is 11.3 Å². The summed E-state index contributed by atoms with van der Waals surface area (Å²) in [6, 6.07) is 14.4. The van der Waals surface area contributed by atoms with E-state index in [1.165, 1.54) is 11.8 Å². The van der Waals surface area contributed by atoms with Crippen LogP contribution in [-0.4, -0.2) is 27.0 Å². The Labute approximate surface area is 164 Å². The van der Waals surface area contributed by atoms with Gasteiger partial charge in [-0.1, -0.05) is 53.9 Å². The summed E-state index contributed by atoms with van der Waals surface area (Å²) in [5.41, 5.74) is 2.48. The first-order valence-electron chi connectivity index (χ1n) is 8.10. The molecule has 0 radical (unpaired) electrons. The molecule has 4 nitrogen and oxygen atoms in total. The average Bonchev–Trinajstić information content (AvgIpc) is 3.10. The number of aromatic nitrogens is 2. The van der Waals surface area contributed by atoms with E-state index in [4.69, 9.17) is 0 Å². The molecule has 1 N–H and O–H groups in total. The normalized spacial score (nSPS) is 11.0. The van der Waals surface area contributed by atoms with E-state index < -0.39 is 5.76 Å². The topological polar surface area (TPSA) is 46.9 Å². The SMILES string of the molecule is Cc1ccccc1-n1ccnc1SCC(=O)Nc1ccccc1SC(F)F. The number of carbonyl (C=O) groups is 1. The lowest BCUT2D eigenvalue weighted by atomic mass is 10.2. The minimum absolute atomic E-state index is 0.122. The van der Waals surface area contributed by atoms with Gasteiger partial charge in [0.2, 0.25) is 5.91 Å². The fraction of sp³-hybridized carbons (Fsp3) is 0.158. The highest BCUT2D eigenvalue weighted by Gasteiger charge is 2.14. The number of thioether (sulfide) groups is 2. The maximum Gasteiger partial charge on any atom is 0.288 e. The number of hydrogen-bond donors (Lipinski definition) is 1. The molecule has 0 spiro atoms. The van der Waals surface area contributed by atoms with Crippen molar-refractivity contribution in [1.82, 2.24) is 9.55 Å². The van der Waals surface area contributed by atoms with Crippen LogP contribution < -0.4 is 5.32 Å². The zero-order valence-electron chi connectivity index (χ0n) is 14.4. The van der Waals surface area contributed by atoms with Gasteiger partial charge < -0.3 is 5.32 Å². The highest BCUT2D eigenvalue weighted by Crippen LogP contribution is 2.32. The molecule has 0 aliphatic carbocycles. The lowest BCUT2D eigenvalue weighted by molar-refractivity contribution is -0.113.